The van der Waals surface area contributed by atoms with Crippen LogP contribution < -0.4 is 5.56 Å². The predicted molar refractivity (Wildman–Crippen MR) is 93.5 cm³/mol. The summed E-state index contributed by atoms with van der Waals surface area (Å²) in [6.45, 7) is 4.41. The van der Waals surface area contributed by atoms with Crippen LogP contribution in [0.15, 0.2) is 53.5 Å². The number of hydrogen-bond acceptors (Lipinski definition) is 3. The number of carbonyl (C=O) groups excluding carboxylic acids is 1. The molecule has 1 atom stereocenters. The maximum absolute atomic E-state index is 13.0. The van der Waals surface area contributed by atoms with Gasteiger partial charge in [0.1, 0.15) is 12.4 Å². The molecule has 1 aromatic heterocycles. The lowest BCUT2D eigenvalue weighted by atomic mass is 10.1. The number of nitrogens with zero attached hydrogens (tertiary/aromatic N) is 2. The molecule has 1 aromatic carbocycles. The third-order valence-corrected chi connectivity index (χ3v) is 3.79. The second-order valence-electron chi connectivity index (χ2n) is 6.43. The highest BCUT2D eigenvalue weighted by molar-refractivity contribution is 5.76. The van der Waals surface area contributed by atoms with Crippen molar-refractivity contribution in [3.05, 3.63) is 70.4 Å². The predicted octanol–water partition coefficient (Wildman–Crippen LogP) is 2.21. The van der Waals surface area contributed by atoms with E-state index < -0.39 is 6.10 Å². The fourth-order valence-electron chi connectivity index (χ4n) is 2.56. The fourth-order valence-corrected chi connectivity index (χ4v) is 2.56. The number of aromatic nitrogens is 1. The van der Waals surface area contributed by atoms with Crippen LogP contribution in [0.3, 0.4) is 0 Å². The summed E-state index contributed by atoms with van der Waals surface area (Å²) in [6.07, 6.45) is 0.639. The van der Waals surface area contributed by atoms with E-state index in [0.717, 1.165) is 0 Å². The van der Waals surface area contributed by atoms with E-state index in [1.54, 1.807) is 18.3 Å². The number of aliphatic hydroxyl groups is 1. The van der Waals surface area contributed by atoms with Gasteiger partial charge in [-0.2, -0.15) is 0 Å². The van der Waals surface area contributed by atoms with Gasteiger partial charge in [-0.15, -0.1) is 0 Å². The topological polar surface area (TPSA) is 62.5 Å². The third kappa shape index (κ3) is 5.53. The monoisotopic (exact) mass is 346 g/mol. The SMILES string of the molecule is CC(C)CN(CC(O)c1ccc(F)cc1)C(=O)Cn1ccccc1=O. The van der Waals surface area contributed by atoms with Crippen molar-refractivity contribution in [1.29, 1.82) is 0 Å². The van der Waals surface area contributed by atoms with E-state index in [2.05, 4.69) is 0 Å². The molecule has 0 spiro atoms. The van der Waals surface area contributed by atoms with E-state index >= 15 is 0 Å². The molecule has 1 amide bonds. The minimum Gasteiger partial charge on any atom is -0.387 e. The first kappa shape index (κ1) is 18.9. The van der Waals surface area contributed by atoms with Crippen molar-refractivity contribution in [3.8, 4) is 0 Å². The first-order valence-electron chi connectivity index (χ1n) is 8.23. The fraction of sp³-hybridized carbons (Fsp3) is 0.368. The molecule has 2 rings (SSSR count). The Hall–Kier alpha value is -2.47. The maximum Gasteiger partial charge on any atom is 0.250 e. The van der Waals surface area contributed by atoms with E-state index in [1.165, 1.54) is 39.8 Å². The van der Waals surface area contributed by atoms with Gasteiger partial charge in [-0.1, -0.05) is 32.0 Å². The summed E-state index contributed by atoms with van der Waals surface area (Å²) in [4.78, 5) is 25.9. The molecule has 0 saturated heterocycles. The van der Waals surface area contributed by atoms with Crippen LogP contribution in [0.5, 0.6) is 0 Å². The molecule has 2 aromatic rings. The van der Waals surface area contributed by atoms with Gasteiger partial charge in [0.25, 0.3) is 5.56 Å². The maximum atomic E-state index is 13.0. The van der Waals surface area contributed by atoms with E-state index in [0.29, 0.717) is 12.1 Å². The van der Waals surface area contributed by atoms with Crippen LogP contribution in [0.2, 0.25) is 0 Å². The van der Waals surface area contributed by atoms with Crippen LogP contribution in [0.4, 0.5) is 4.39 Å². The van der Waals surface area contributed by atoms with Crippen LogP contribution in [0.1, 0.15) is 25.5 Å². The summed E-state index contributed by atoms with van der Waals surface area (Å²) < 4.78 is 14.3. The highest BCUT2D eigenvalue weighted by atomic mass is 19.1. The van der Waals surface area contributed by atoms with Gasteiger partial charge in [0.2, 0.25) is 5.91 Å². The Bertz CT molecular complexity index is 756. The summed E-state index contributed by atoms with van der Waals surface area (Å²) >= 11 is 0. The normalized spacial score (nSPS) is 12.2. The first-order chi connectivity index (χ1) is 11.9. The summed E-state index contributed by atoms with van der Waals surface area (Å²) in [5.74, 6) is -0.422. The molecular weight excluding hydrogens is 323 g/mol. The lowest BCUT2D eigenvalue weighted by molar-refractivity contribution is -0.134. The molecule has 134 valence electrons. The van der Waals surface area contributed by atoms with Crippen molar-refractivity contribution in [2.75, 3.05) is 13.1 Å². The number of hydrogen-bond donors (Lipinski definition) is 1. The van der Waals surface area contributed by atoms with E-state index in [4.69, 9.17) is 0 Å². The number of carbonyl (C=O) groups is 1. The van der Waals surface area contributed by atoms with Gasteiger partial charge in [0.05, 0.1) is 12.6 Å². The molecule has 0 saturated carbocycles. The van der Waals surface area contributed by atoms with E-state index in [-0.39, 0.29) is 36.3 Å². The highest BCUT2D eigenvalue weighted by Gasteiger charge is 2.20. The van der Waals surface area contributed by atoms with Gasteiger partial charge in [-0.25, -0.2) is 4.39 Å². The summed E-state index contributed by atoms with van der Waals surface area (Å²) in [7, 11) is 0. The van der Waals surface area contributed by atoms with Crippen molar-refractivity contribution in [3.63, 3.8) is 0 Å². The van der Waals surface area contributed by atoms with Crippen molar-refractivity contribution < 1.29 is 14.3 Å². The molecule has 0 radical (unpaired) electrons. The van der Waals surface area contributed by atoms with Gasteiger partial charge in [0, 0.05) is 18.8 Å². The molecule has 6 heteroatoms. The van der Waals surface area contributed by atoms with Crippen LogP contribution in [-0.2, 0) is 11.3 Å². The lowest BCUT2D eigenvalue weighted by Gasteiger charge is -2.27. The molecule has 0 fully saturated rings. The number of halogens is 1. The zero-order chi connectivity index (χ0) is 18.4. The van der Waals surface area contributed by atoms with Crippen molar-refractivity contribution >= 4 is 5.91 Å². The van der Waals surface area contributed by atoms with Crippen molar-refractivity contribution in [2.45, 2.75) is 26.5 Å². The minimum atomic E-state index is -0.921. The van der Waals surface area contributed by atoms with Crippen LogP contribution >= 0.6 is 0 Å². The second kappa shape index (κ2) is 8.58. The highest BCUT2D eigenvalue weighted by Crippen LogP contribution is 2.16. The number of aliphatic hydroxyl groups excluding tert-OH is 1. The molecule has 1 heterocycles. The van der Waals surface area contributed by atoms with Gasteiger partial charge in [0.15, 0.2) is 0 Å². The van der Waals surface area contributed by atoms with Gasteiger partial charge < -0.3 is 14.6 Å². The van der Waals surface area contributed by atoms with Gasteiger partial charge in [-0.3, -0.25) is 9.59 Å². The number of pyridine rings is 1. The standard InChI is InChI=1S/C19H23FN2O3/c1-14(2)11-22(12-17(23)15-6-8-16(20)9-7-15)19(25)13-21-10-4-3-5-18(21)24/h3-10,14,17,23H,11-13H2,1-2H3. The zero-order valence-corrected chi connectivity index (χ0v) is 14.4. The molecule has 1 N–H and O–H groups in total. The van der Waals surface area contributed by atoms with Crippen LogP contribution in [0.25, 0.3) is 0 Å². The second-order valence-corrected chi connectivity index (χ2v) is 6.43. The Labute approximate surface area is 146 Å². The molecule has 1 unspecified atom stereocenters. The molecule has 0 aliphatic heterocycles. The molecule has 0 aliphatic carbocycles. The van der Waals surface area contributed by atoms with Crippen molar-refractivity contribution in [2.24, 2.45) is 5.92 Å². The largest absolute Gasteiger partial charge is 0.387 e. The molecule has 5 nitrogen and oxygen atoms in total. The quantitative estimate of drug-likeness (QED) is 0.836. The summed E-state index contributed by atoms with van der Waals surface area (Å²) in [6, 6.07) is 10.3. The zero-order valence-electron chi connectivity index (χ0n) is 14.4. The molecule has 0 aliphatic rings. The molecular formula is C19H23FN2O3. The lowest BCUT2D eigenvalue weighted by Crippen LogP contribution is -2.40. The number of amides is 1. The van der Waals surface area contributed by atoms with Crippen molar-refractivity contribution in [1.82, 2.24) is 9.47 Å². The summed E-state index contributed by atoms with van der Waals surface area (Å²) in [5.41, 5.74) is 0.291. The van der Waals surface area contributed by atoms with E-state index in [1.807, 2.05) is 13.8 Å². The smallest absolute Gasteiger partial charge is 0.250 e. The summed E-state index contributed by atoms with van der Waals surface area (Å²) in [5, 5.41) is 10.4. The number of benzene rings is 1. The first-order valence-corrected chi connectivity index (χ1v) is 8.23. The van der Waals surface area contributed by atoms with Gasteiger partial charge in [-0.05, 0) is 29.7 Å². The Morgan fingerprint density at radius 1 is 1.16 bits per heavy atom. The molecule has 25 heavy (non-hydrogen) atoms. The average Bonchev–Trinajstić information content (AvgIpc) is 2.56. The average molecular weight is 346 g/mol. The Balaban J connectivity index is 2.12. The Morgan fingerprint density at radius 2 is 1.84 bits per heavy atom. The Morgan fingerprint density at radius 3 is 2.44 bits per heavy atom. The minimum absolute atomic E-state index is 0.0808. The third-order valence-electron chi connectivity index (χ3n) is 3.79. The molecule has 0 bridgehead atoms. The number of rotatable bonds is 7. The van der Waals surface area contributed by atoms with Crippen LogP contribution in [-0.4, -0.2) is 33.6 Å². The Kier molecular flexibility index (Phi) is 6.47. The van der Waals surface area contributed by atoms with Gasteiger partial charge >= 0.3 is 0 Å². The van der Waals surface area contributed by atoms with E-state index in [9.17, 15) is 19.1 Å². The van der Waals surface area contributed by atoms with Crippen LogP contribution in [0, 0.1) is 11.7 Å².